The molecule has 0 spiro atoms. The Hall–Kier alpha value is 1.11. The third-order valence-corrected chi connectivity index (χ3v) is 15.3. The van der Waals surface area contributed by atoms with Crippen LogP contribution >= 0.6 is 70.6 Å². The number of hydrogen-bond donors (Lipinski definition) is 0. The fourth-order valence-corrected chi connectivity index (χ4v) is 10.5. The molecule has 0 N–H and O–H groups in total. The van der Waals surface area contributed by atoms with Gasteiger partial charge in [0.25, 0.3) is 0 Å². The zero-order valence-electron chi connectivity index (χ0n) is 18.1. The van der Waals surface area contributed by atoms with Gasteiger partial charge in [0.05, 0.1) is 31.0 Å². The van der Waals surface area contributed by atoms with Crippen LogP contribution in [-0.2, 0) is 14.4 Å². The van der Waals surface area contributed by atoms with E-state index in [1.165, 1.54) is 0 Å². The number of Topliss-reactive ketones (excluding diaryl/α,β-unsaturated/α-hetero) is 3. The molecule has 3 aliphatic heterocycles. The van der Waals surface area contributed by atoms with Crippen molar-refractivity contribution in [1.29, 1.82) is 0 Å². The Labute approximate surface area is 206 Å². The third kappa shape index (κ3) is 8.47. The van der Waals surface area contributed by atoms with Crippen molar-refractivity contribution in [2.24, 2.45) is 5.41 Å². The predicted octanol–water partition coefficient (Wildman–Crippen LogP) is 5.84. The standard InChI is InChI=1S/C21H32O3S6/c1-5-21(6-15(22)9-25-18-12(2)28-18,7-16(23)10-26-19-13(3)29-19)8-17(24)11-27-20-14(4)30-20/h12-14,18-20H,5-11H2,1-4H3/t12-,13-,14+,18?,19?,20?,21?/m0/s1. The van der Waals surface area contributed by atoms with E-state index in [-0.39, 0.29) is 17.3 Å². The molecular formula is C21H32O3S6. The summed E-state index contributed by atoms with van der Waals surface area (Å²) in [4.78, 5) is 38.4. The molecule has 0 saturated carbocycles. The summed E-state index contributed by atoms with van der Waals surface area (Å²) in [7, 11) is 0. The molecule has 3 fully saturated rings. The van der Waals surface area contributed by atoms with Crippen molar-refractivity contribution in [1.82, 2.24) is 0 Å². The van der Waals surface area contributed by atoms with Crippen LogP contribution in [0.4, 0.5) is 0 Å². The highest BCUT2D eigenvalue weighted by atomic mass is 32.2. The number of carbonyl (C=O) groups excluding carboxylic acids is 3. The van der Waals surface area contributed by atoms with E-state index in [1.807, 2.05) is 42.2 Å². The minimum Gasteiger partial charge on any atom is -0.299 e. The summed E-state index contributed by atoms with van der Waals surface area (Å²) in [5.74, 6) is 2.09. The quantitative estimate of drug-likeness (QED) is 0.232. The van der Waals surface area contributed by atoms with Crippen molar-refractivity contribution >= 4 is 87.9 Å². The van der Waals surface area contributed by atoms with E-state index in [4.69, 9.17) is 0 Å². The lowest BCUT2D eigenvalue weighted by Gasteiger charge is -2.31. The molecule has 170 valence electrons. The predicted molar refractivity (Wildman–Crippen MR) is 141 cm³/mol. The van der Waals surface area contributed by atoms with Gasteiger partial charge in [-0.3, -0.25) is 14.4 Å². The van der Waals surface area contributed by atoms with Crippen molar-refractivity contribution < 1.29 is 14.4 Å². The summed E-state index contributed by atoms with van der Waals surface area (Å²) < 4.78 is 1.62. The normalized spacial score (nSPS) is 33.6. The lowest BCUT2D eigenvalue weighted by molar-refractivity contribution is -0.125. The molecule has 3 nitrogen and oxygen atoms in total. The zero-order chi connectivity index (χ0) is 21.9. The Morgan fingerprint density at radius 2 is 0.933 bits per heavy atom. The summed E-state index contributed by atoms with van der Waals surface area (Å²) in [6.45, 7) is 8.60. The molecule has 3 unspecified atom stereocenters. The first-order valence-corrected chi connectivity index (χ1v) is 16.5. The minimum absolute atomic E-state index is 0.195. The molecule has 0 aromatic rings. The van der Waals surface area contributed by atoms with Crippen molar-refractivity contribution in [3.05, 3.63) is 0 Å². The monoisotopic (exact) mass is 524 g/mol. The van der Waals surface area contributed by atoms with Crippen LogP contribution in [0.2, 0.25) is 0 Å². The molecule has 9 heteroatoms. The number of rotatable bonds is 16. The summed E-state index contributed by atoms with van der Waals surface area (Å²) in [5, 5.41) is 1.92. The second-order valence-corrected chi connectivity index (χ2v) is 17.4. The van der Waals surface area contributed by atoms with Gasteiger partial charge in [0.15, 0.2) is 0 Å². The molecule has 3 heterocycles. The second-order valence-electron chi connectivity index (χ2n) is 8.56. The molecule has 0 aromatic carbocycles. The van der Waals surface area contributed by atoms with Gasteiger partial charge in [-0.15, -0.1) is 70.6 Å². The van der Waals surface area contributed by atoms with Gasteiger partial charge in [-0.2, -0.15) is 0 Å². The number of carbonyl (C=O) groups is 3. The Kier molecular flexibility index (Phi) is 9.86. The van der Waals surface area contributed by atoms with Crippen molar-refractivity contribution in [2.45, 2.75) is 82.9 Å². The minimum atomic E-state index is -0.500. The van der Waals surface area contributed by atoms with Crippen LogP contribution in [0.25, 0.3) is 0 Å². The third-order valence-electron chi connectivity index (χ3n) is 5.66. The van der Waals surface area contributed by atoms with Crippen LogP contribution in [0.3, 0.4) is 0 Å². The highest BCUT2D eigenvalue weighted by Crippen LogP contribution is 2.50. The second kappa shape index (κ2) is 11.5. The molecule has 3 saturated heterocycles. The smallest absolute Gasteiger partial charge is 0.143 e. The summed E-state index contributed by atoms with van der Waals surface area (Å²) in [6.07, 6.45) is 1.78. The molecule has 3 rings (SSSR count). The molecule has 0 bridgehead atoms. The molecule has 6 atom stereocenters. The Morgan fingerprint density at radius 1 is 0.667 bits per heavy atom. The maximum atomic E-state index is 12.8. The summed E-state index contributed by atoms with van der Waals surface area (Å²) in [5.41, 5.74) is -0.500. The van der Waals surface area contributed by atoms with Gasteiger partial charge in [0, 0.05) is 35.0 Å². The molecular weight excluding hydrogens is 493 g/mol. The number of ketones is 3. The van der Waals surface area contributed by atoms with E-state index in [9.17, 15) is 14.4 Å². The largest absolute Gasteiger partial charge is 0.299 e. The van der Waals surface area contributed by atoms with E-state index in [0.29, 0.717) is 72.4 Å². The maximum Gasteiger partial charge on any atom is 0.143 e. The topological polar surface area (TPSA) is 51.2 Å². The lowest BCUT2D eigenvalue weighted by Crippen LogP contribution is -2.32. The highest BCUT2D eigenvalue weighted by molar-refractivity contribution is 8.24. The van der Waals surface area contributed by atoms with Crippen molar-refractivity contribution in [2.75, 3.05) is 17.3 Å². The first-order chi connectivity index (χ1) is 14.2. The first-order valence-electron chi connectivity index (χ1n) is 10.6. The Balaban J connectivity index is 1.54. The molecule has 3 aliphatic rings. The van der Waals surface area contributed by atoms with Crippen LogP contribution < -0.4 is 0 Å². The molecule has 0 amide bonds. The van der Waals surface area contributed by atoms with E-state index < -0.39 is 5.41 Å². The Morgan fingerprint density at radius 3 is 1.13 bits per heavy atom. The lowest BCUT2D eigenvalue weighted by atomic mass is 9.73. The van der Waals surface area contributed by atoms with Gasteiger partial charge in [-0.1, -0.05) is 27.7 Å². The average Bonchev–Trinajstić information content (AvgIpc) is 3.62. The van der Waals surface area contributed by atoms with Crippen LogP contribution in [0.15, 0.2) is 0 Å². The van der Waals surface area contributed by atoms with E-state index in [1.54, 1.807) is 35.3 Å². The summed E-state index contributed by atoms with van der Waals surface area (Å²) in [6, 6.07) is 0. The van der Waals surface area contributed by atoms with Crippen molar-refractivity contribution in [3.63, 3.8) is 0 Å². The van der Waals surface area contributed by atoms with Crippen molar-refractivity contribution in [3.8, 4) is 0 Å². The van der Waals surface area contributed by atoms with Gasteiger partial charge in [0.2, 0.25) is 0 Å². The SMILES string of the molecule is CCC(CC(=O)CSC1S[C@H]1C)(CC(=O)CSC1S[C@H]1C)CC(=O)CSC1S[C@@H]1C. The van der Waals surface area contributed by atoms with Crippen LogP contribution in [-0.4, -0.2) is 64.1 Å². The first kappa shape index (κ1) is 25.7. The fraction of sp³-hybridized carbons (Fsp3) is 0.857. The van der Waals surface area contributed by atoms with Crippen LogP contribution in [0.1, 0.15) is 53.4 Å². The molecule has 0 aliphatic carbocycles. The van der Waals surface area contributed by atoms with E-state index in [2.05, 4.69) is 20.8 Å². The van der Waals surface area contributed by atoms with E-state index in [0.717, 1.165) is 0 Å². The van der Waals surface area contributed by atoms with E-state index >= 15 is 0 Å². The average molecular weight is 525 g/mol. The Bertz CT molecular complexity index is 573. The zero-order valence-corrected chi connectivity index (χ0v) is 23.0. The fourth-order valence-electron chi connectivity index (χ4n) is 3.52. The van der Waals surface area contributed by atoms with Gasteiger partial charge < -0.3 is 0 Å². The molecule has 30 heavy (non-hydrogen) atoms. The number of hydrogen-bond acceptors (Lipinski definition) is 9. The maximum absolute atomic E-state index is 12.8. The summed E-state index contributed by atoms with van der Waals surface area (Å²) >= 11 is 10.9. The number of thioether (sulfide) groups is 6. The highest BCUT2D eigenvalue weighted by Gasteiger charge is 2.40. The molecule has 0 aromatic heterocycles. The van der Waals surface area contributed by atoms with Crippen LogP contribution in [0.5, 0.6) is 0 Å². The van der Waals surface area contributed by atoms with Crippen LogP contribution in [0, 0.1) is 5.41 Å². The van der Waals surface area contributed by atoms with Gasteiger partial charge in [-0.05, 0) is 11.8 Å². The van der Waals surface area contributed by atoms with Gasteiger partial charge in [-0.25, -0.2) is 0 Å². The van der Waals surface area contributed by atoms with Gasteiger partial charge in [0.1, 0.15) is 17.3 Å². The van der Waals surface area contributed by atoms with Gasteiger partial charge >= 0.3 is 0 Å². The molecule has 0 radical (unpaired) electrons.